The van der Waals surface area contributed by atoms with Gasteiger partial charge in [-0.25, -0.2) is 5.43 Å². The quantitative estimate of drug-likeness (QED) is 0.339. The third-order valence-corrected chi connectivity index (χ3v) is 4.49. The van der Waals surface area contributed by atoms with E-state index in [0.29, 0.717) is 16.8 Å². The second kappa shape index (κ2) is 8.35. The summed E-state index contributed by atoms with van der Waals surface area (Å²) in [6.07, 6.45) is 0.502. The number of hydrazone groups is 1. The molecule has 4 aromatic rings. The van der Waals surface area contributed by atoms with Crippen molar-refractivity contribution in [2.75, 3.05) is 0 Å². The lowest BCUT2D eigenvalue weighted by Crippen LogP contribution is -2.19. The number of nitrogens with one attached hydrogen (secondary N) is 1. The first-order valence-corrected chi connectivity index (χ1v) is 9.25. The normalized spacial score (nSPS) is 11.7. The number of benzene rings is 2. The van der Waals surface area contributed by atoms with Crippen molar-refractivity contribution in [3.8, 4) is 17.0 Å². The van der Waals surface area contributed by atoms with E-state index in [1.165, 1.54) is 18.3 Å². The lowest BCUT2D eigenvalue weighted by atomic mass is 10.1. The second-order valence-corrected chi connectivity index (χ2v) is 6.59. The van der Waals surface area contributed by atoms with E-state index in [-0.39, 0.29) is 11.5 Å². The van der Waals surface area contributed by atoms with Gasteiger partial charge in [-0.2, -0.15) is 18.3 Å². The second-order valence-electron chi connectivity index (χ2n) is 6.59. The van der Waals surface area contributed by atoms with E-state index in [1.807, 2.05) is 41.2 Å². The number of hydrogen-bond acceptors (Lipinski definition) is 3. The SMILES string of the molecule is O=C(N/N=C/c1ccc(-c2cccc(C(F)(F)F)c2)o1)c1ccccc1-n1cccc1. The first kappa shape index (κ1) is 20.2. The molecule has 5 nitrogen and oxygen atoms in total. The smallest absolute Gasteiger partial charge is 0.416 e. The van der Waals surface area contributed by atoms with Crippen LogP contribution in [0.4, 0.5) is 13.2 Å². The monoisotopic (exact) mass is 423 g/mol. The number of amides is 1. The number of aromatic nitrogens is 1. The van der Waals surface area contributed by atoms with Crippen molar-refractivity contribution in [1.29, 1.82) is 0 Å². The Morgan fingerprint density at radius 1 is 0.968 bits per heavy atom. The topological polar surface area (TPSA) is 59.5 Å². The van der Waals surface area contributed by atoms with Gasteiger partial charge in [0.2, 0.25) is 0 Å². The number of nitrogens with zero attached hydrogens (tertiary/aromatic N) is 2. The van der Waals surface area contributed by atoms with Gasteiger partial charge in [0.1, 0.15) is 11.5 Å². The van der Waals surface area contributed by atoms with Crippen molar-refractivity contribution in [3.05, 3.63) is 102 Å². The van der Waals surface area contributed by atoms with Gasteiger partial charge in [-0.3, -0.25) is 4.79 Å². The van der Waals surface area contributed by atoms with Crippen LogP contribution in [-0.4, -0.2) is 16.7 Å². The van der Waals surface area contributed by atoms with E-state index < -0.39 is 17.6 Å². The van der Waals surface area contributed by atoms with E-state index in [9.17, 15) is 18.0 Å². The van der Waals surface area contributed by atoms with Crippen LogP contribution in [0.15, 0.2) is 94.7 Å². The maximum absolute atomic E-state index is 12.9. The molecule has 0 spiro atoms. The van der Waals surface area contributed by atoms with Gasteiger partial charge in [0, 0.05) is 18.0 Å². The molecule has 156 valence electrons. The first-order chi connectivity index (χ1) is 14.9. The molecule has 31 heavy (non-hydrogen) atoms. The molecular weight excluding hydrogens is 407 g/mol. The van der Waals surface area contributed by atoms with Crippen LogP contribution in [0.1, 0.15) is 21.7 Å². The van der Waals surface area contributed by atoms with Crippen LogP contribution in [0.3, 0.4) is 0 Å². The Hall–Kier alpha value is -4.07. The Morgan fingerprint density at radius 2 is 1.74 bits per heavy atom. The number of para-hydroxylation sites is 1. The minimum absolute atomic E-state index is 0.261. The molecule has 0 fully saturated rings. The summed E-state index contributed by atoms with van der Waals surface area (Å²) in [4.78, 5) is 12.5. The van der Waals surface area contributed by atoms with E-state index in [2.05, 4.69) is 10.5 Å². The summed E-state index contributed by atoms with van der Waals surface area (Å²) in [5.74, 6) is 0.133. The highest BCUT2D eigenvalue weighted by Crippen LogP contribution is 2.32. The highest BCUT2D eigenvalue weighted by Gasteiger charge is 2.30. The van der Waals surface area contributed by atoms with Gasteiger partial charge < -0.3 is 8.98 Å². The number of rotatable bonds is 5. The molecule has 0 radical (unpaired) electrons. The minimum atomic E-state index is -4.44. The predicted octanol–water partition coefficient (Wildman–Crippen LogP) is 5.52. The van der Waals surface area contributed by atoms with Gasteiger partial charge in [0.15, 0.2) is 0 Å². The van der Waals surface area contributed by atoms with Crippen LogP contribution in [0.2, 0.25) is 0 Å². The van der Waals surface area contributed by atoms with Crippen molar-refractivity contribution < 1.29 is 22.4 Å². The van der Waals surface area contributed by atoms with Crippen LogP contribution in [-0.2, 0) is 6.18 Å². The van der Waals surface area contributed by atoms with Gasteiger partial charge >= 0.3 is 6.18 Å². The number of carbonyl (C=O) groups excluding carboxylic acids is 1. The van der Waals surface area contributed by atoms with E-state index >= 15 is 0 Å². The predicted molar refractivity (Wildman–Crippen MR) is 110 cm³/mol. The zero-order chi connectivity index (χ0) is 21.8. The Morgan fingerprint density at radius 3 is 2.52 bits per heavy atom. The molecule has 0 aliphatic rings. The Kier molecular flexibility index (Phi) is 5.44. The van der Waals surface area contributed by atoms with Gasteiger partial charge in [-0.1, -0.05) is 24.3 Å². The molecular formula is C23H16F3N3O2. The number of halogens is 3. The molecule has 1 amide bonds. The number of furan rings is 1. The van der Waals surface area contributed by atoms with Crippen molar-refractivity contribution in [2.24, 2.45) is 5.10 Å². The zero-order valence-electron chi connectivity index (χ0n) is 16.0. The number of hydrogen-bond donors (Lipinski definition) is 1. The van der Waals surface area contributed by atoms with E-state index in [4.69, 9.17) is 4.42 Å². The summed E-state index contributed by atoms with van der Waals surface area (Å²) in [7, 11) is 0. The Labute approximate surface area is 175 Å². The highest BCUT2D eigenvalue weighted by atomic mass is 19.4. The molecule has 0 aliphatic carbocycles. The fourth-order valence-corrected chi connectivity index (χ4v) is 3.03. The molecule has 4 rings (SSSR count). The van der Waals surface area contributed by atoms with Gasteiger partial charge in [-0.15, -0.1) is 0 Å². The molecule has 0 bridgehead atoms. The lowest BCUT2D eigenvalue weighted by Gasteiger charge is -2.08. The summed E-state index contributed by atoms with van der Waals surface area (Å²) >= 11 is 0. The van der Waals surface area contributed by atoms with Crippen molar-refractivity contribution in [2.45, 2.75) is 6.18 Å². The van der Waals surface area contributed by atoms with Crippen LogP contribution < -0.4 is 5.43 Å². The minimum Gasteiger partial charge on any atom is -0.455 e. The lowest BCUT2D eigenvalue weighted by molar-refractivity contribution is -0.137. The molecule has 8 heteroatoms. The van der Waals surface area contributed by atoms with Crippen molar-refractivity contribution in [1.82, 2.24) is 9.99 Å². The maximum Gasteiger partial charge on any atom is 0.416 e. The number of alkyl halides is 3. The van der Waals surface area contributed by atoms with Gasteiger partial charge in [0.25, 0.3) is 5.91 Å². The molecule has 0 unspecified atom stereocenters. The summed E-state index contributed by atoms with van der Waals surface area (Å²) in [6, 6.07) is 18.7. The van der Waals surface area contributed by atoms with Crippen molar-refractivity contribution in [3.63, 3.8) is 0 Å². The van der Waals surface area contributed by atoms with Crippen LogP contribution in [0.5, 0.6) is 0 Å². The summed E-state index contributed by atoms with van der Waals surface area (Å²) < 4.78 is 46.0. The van der Waals surface area contributed by atoms with Crippen LogP contribution in [0.25, 0.3) is 17.0 Å². The Bertz CT molecular complexity index is 1220. The average molecular weight is 423 g/mol. The standard InChI is InChI=1S/C23H16F3N3O2/c24-23(25,26)17-7-5-6-16(14-17)21-11-10-18(31-21)15-27-28-22(30)19-8-1-2-9-20(19)29-12-3-4-13-29/h1-15H,(H,28,30)/b27-15+. The largest absolute Gasteiger partial charge is 0.455 e. The van der Waals surface area contributed by atoms with Crippen molar-refractivity contribution >= 4 is 12.1 Å². The Balaban J connectivity index is 1.47. The number of carbonyl (C=O) groups is 1. The average Bonchev–Trinajstić information content (AvgIpc) is 3.46. The first-order valence-electron chi connectivity index (χ1n) is 9.25. The fourth-order valence-electron chi connectivity index (χ4n) is 3.03. The molecule has 2 heterocycles. The molecule has 2 aromatic carbocycles. The highest BCUT2D eigenvalue weighted by molar-refractivity contribution is 5.98. The van der Waals surface area contributed by atoms with Gasteiger partial charge in [-0.05, 0) is 48.5 Å². The summed E-state index contributed by atoms with van der Waals surface area (Å²) in [6.45, 7) is 0. The van der Waals surface area contributed by atoms with E-state index in [0.717, 1.165) is 12.1 Å². The molecule has 0 aliphatic heterocycles. The fraction of sp³-hybridized carbons (Fsp3) is 0.0435. The molecule has 2 aromatic heterocycles. The van der Waals surface area contributed by atoms with E-state index in [1.54, 1.807) is 24.3 Å². The molecule has 0 atom stereocenters. The van der Waals surface area contributed by atoms with Crippen LogP contribution in [0, 0.1) is 0 Å². The zero-order valence-corrected chi connectivity index (χ0v) is 16.0. The van der Waals surface area contributed by atoms with Crippen LogP contribution >= 0.6 is 0 Å². The molecule has 0 saturated carbocycles. The summed E-state index contributed by atoms with van der Waals surface area (Å²) in [5.41, 5.74) is 3.10. The summed E-state index contributed by atoms with van der Waals surface area (Å²) in [5, 5.41) is 3.90. The maximum atomic E-state index is 12.9. The molecule has 1 N–H and O–H groups in total. The van der Waals surface area contributed by atoms with Gasteiger partial charge in [0.05, 0.1) is 23.0 Å². The molecule has 0 saturated heterocycles. The third kappa shape index (κ3) is 4.58. The third-order valence-electron chi connectivity index (χ3n) is 4.49.